The maximum Gasteiger partial charge on any atom is 0.211 e. The second-order valence-corrected chi connectivity index (χ2v) is 5.83. The van der Waals surface area contributed by atoms with Crippen molar-refractivity contribution in [3.05, 3.63) is 53.6 Å². The second kappa shape index (κ2) is 6.59. The van der Waals surface area contributed by atoms with Crippen LogP contribution in [0, 0.1) is 22.8 Å². The van der Waals surface area contributed by atoms with E-state index in [1.54, 1.807) is 11.0 Å². The first kappa shape index (κ1) is 16.8. The van der Waals surface area contributed by atoms with Gasteiger partial charge in [0.25, 0.3) is 0 Å². The van der Waals surface area contributed by atoms with Gasteiger partial charge in [0.05, 0.1) is 11.4 Å². The number of hydrogen-bond acceptors (Lipinski definition) is 10. The number of rotatable bonds is 2. The summed E-state index contributed by atoms with van der Waals surface area (Å²) in [5.41, 5.74) is 14.5. The molecule has 3 aromatic rings. The third-order valence-electron chi connectivity index (χ3n) is 4.25. The Morgan fingerprint density at radius 1 is 1.18 bits per heavy atom. The standard InChI is InChI=1S/C17H13N11/c18-5-11-13(20)12-14(25-17(23-6-19)27-16(12)26-15(11)21)9-1-3-10(4-2-9)28-8-22-7-24-28/h1-4,7-8,14H,(H6,20,21,23,25,26,27). The highest BCUT2D eigenvalue weighted by atomic mass is 15.3. The molecule has 4 rings (SSSR count). The maximum atomic E-state index is 9.36. The molecule has 1 aliphatic heterocycles. The lowest BCUT2D eigenvalue weighted by atomic mass is 9.95. The Bertz CT molecular complexity index is 1150. The van der Waals surface area contributed by atoms with Crippen LogP contribution in [0.15, 0.2) is 41.9 Å². The number of benzene rings is 1. The summed E-state index contributed by atoms with van der Waals surface area (Å²) in [6, 6.07) is 8.80. The molecule has 28 heavy (non-hydrogen) atoms. The zero-order valence-electron chi connectivity index (χ0n) is 14.3. The summed E-state index contributed by atoms with van der Waals surface area (Å²) >= 11 is 0. The molecule has 11 heteroatoms. The van der Waals surface area contributed by atoms with E-state index >= 15 is 0 Å². The first-order chi connectivity index (χ1) is 13.6. The fourth-order valence-corrected chi connectivity index (χ4v) is 2.97. The topological polar surface area (TPSA) is 180 Å². The van der Waals surface area contributed by atoms with E-state index in [2.05, 4.69) is 30.7 Å². The largest absolute Gasteiger partial charge is 0.397 e. The third-order valence-corrected chi connectivity index (χ3v) is 4.25. The Labute approximate surface area is 159 Å². The number of aromatic nitrogens is 4. The maximum absolute atomic E-state index is 9.36. The van der Waals surface area contributed by atoms with E-state index in [-0.39, 0.29) is 23.0 Å². The van der Waals surface area contributed by atoms with Crippen molar-refractivity contribution in [2.75, 3.05) is 16.8 Å². The summed E-state index contributed by atoms with van der Waals surface area (Å²) in [4.78, 5) is 12.7. The van der Waals surface area contributed by atoms with Crippen molar-refractivity contribution >= 4 is 23.3 Å². The normalized spacial score (nSPS) is 14.8. The number of guanidine groups is 1. The number of anilines is 3. The Kier molecular flexibility index (Phi) is 3.95. The molecule has 6 N–H and O–H groups in total. The molecule has 0 saturated heterocycles. The summed E-state index contributed by atoms with van der Waals surface area (Å²) in [5, 5.41) is 27.7. The van der Waals surface area contributed by atoms with Crippen molar-refractivity contribution in [2.24, 2.45) is 4.99 Å². The lowest BCUT2D eigenvalue weighted by molar-refractivity contribution is 0.839. The van der Waals surface area contributed by atoms with Gasteiger partial charge in [0.15, 0.2) is 6.19 Å². The van der Waals surface area contributed by atoms with Crippen LogP contribution in [0.2, 0.25) is 0 Å². The summed E-state index contributed by atoms with van der Waals surface area (Å²) in [6.45, 7) is 0. The highest BCUT2D eigenvalue weighted by Crippen LogP contribution is 2.40. The molecule has 1 aliphatic rings. The van der Waals surface area contributed by atoms with Crippen molar-refractivity contribution in [3.63, 3.8) is 0 Å². The molecule has 3 heterocycles. The lowest BCUT2D eigenvalue weighted by Crippen LogP contribution is -2.32. The fraction of sp³-hybridized carbons (Fsp3) is 0.0588. The van der Waals surface area contributed by atoms with Gasteiger partial charge < -0.3 is 16.8 Å². The van der Waals surface area contributed by atoms with Crippen molar-refractivity contribution in [3.8, 4) is 17.9 Å². The molecule has 0 fully saturated rings. The second-order valence-electron chi connectivity index (χ2n) is 5.83. The molecule has 136 valence electrons. The van der Waals surface area contributed by atoms with Gasteiger partial charge in [-0.25, -0.2) is 19.6 Å². The predicted octanol–water partition coefficient (Wildman–Crippen LogP) is 0.640. The first-order valence-electron chi connectivity index (χ1n) is 8.06. The zero-order chi connectivity index (χ0) is 19.7. The number of pyridine rings is 1. The SMILES string of the molecule is N#CNC1=NC(c2ccc(-n3cncn3)cc2)c2c(nc(N)c(C#N)c2N)N1. The summed E-state index contributed by atoms with van der Waals surface area (Å²) in [7, 11) is 0. The van der Waals surface area contributed by atoms with Crippen molar-refractivity contribution in [1.29, 1.82) is 10.5 Å². The molecule has 1 aromatic carbocycles. The molecule has 1 atom stereocenters. The van der Waals surface area contributed by atoms with E-state index in [9.17, 15) is 5.26 Å². The van der Waals surface area contributed by atoms with Gasteiger partial charge in [-0.1, -0.05) is 12.1 Å². The summed E-state index contributed by atoms with van der Waals surface area (Å²) in [5.74, 6) is 0.549. The molecule has 0 amide bonds. The number of hydrogen-bond donors (Lipinski definition) is 4. The van der Waals surface area contributed by atoms with Crippen LogP contribution in [0.4, 0.5) is 17.3 Å². The number of nitrogens with two attached hydrogens (primary N) is 2. The van der Waals surface area contributed by atoms with Gasteiger partial charge in [0.1, 0.15) is 42.0 Å². The monoisotopic (exact) mass is 371 g/mol. The van der Waals surface area contributed by atoms with Crippen molar-refractivity contribution in [1.82, 2.24) is 25.1 Å². The molecule has 0 aliphatic carbocycles. The van der Waals surface area contributed by atoms with Gasteiger partial charge >= 0.3 is 0 Å². The van der Waals surface area contributed by atoms with E-state index in [0.717, 1.165) is 11.3 Å². The van der Waals surface area contributed by atoms with Crippen molar-refractivity contribution < 1.29 is 0 Å². The minimum absolute atomic E-state index is 0.00439. The number of nitrogens with one attached hydrogen (secondary N) is 2. The Hall–Kier alpha value is -4.64. The summed E-state index contributed by atoms with van der Waals surface area (Å²) < 4.78 is 1.62. The highest BCUT2D eigenvalue weighted by Gasteiger charge is 2.29. The van der Waals surface area contributed by atoms with Crippen LogP contribution in [-0.2, 0) is 0 Å². The van der Waals surface area contributed by atoms with E-state index < -0.39 is 6.04 Å². The minimum Gasteiger partial charge on any atom is -0.397 e. The van der Waals surface area contributed by atoms with Crippen LogP contribution < -0.4 is 22.1 Å². The highest BCUT2D eigenvalue weighted by molar-refractivity contribution is 5.98. The fourth-order valence-electron chi connectivity index (χ4n) is 2.97. The average molecular weight is 371 g/mol. The van der Waals surface area contributed by atoms with Crippen LogP contribution in [0.1, 0.15) is 22.7 Å². The number of nitriles is 2. The number of fused-ring (bicyclic) bond motifs is 1. The first-order valence-corrected chi connectivity index (χ1v) is 8.06. The smallest absolute Gasteiger partial charge is 0.211 e. The molecular weight excluding hydrogens is 358 g/mol. The number of aliphatic imine (C=N–C) groups is 1. The van der Waals surface area contributed by atoms with Gasteiger partial charge in [0, 0.05) is 5.56 Å². The van der Waals surface area contributed by atoms with Gasteiger partial charge in [-0.05, 0) is 17.7 Å². The van der Waals surface area contributed by atoms with Gasteiger partial charge in [-0.3, -0.25) is 5.32 Å². The van der Waals surface area contributed by atoms with Gasteiger partial charge in [-0.2, -0.15) is 15.6 Å². The van der Waals surface area contributed by atoms with E-state index in [0.29, 0.717) is 11.4 Å². The van der Waals surface area contributed by atoms with E-state index in [1.165, 1.54) is 6.33 Å². The number of nitrogens with zero attached hydrogens (tertiary/aromatic N) is 7. The quantitative estimate of drug-likeness (QED) is 0.371. The third kappa shape index (κ3) is 2.69. The van der Waals surface area contributed by atoms with Gasteiger partial charge in [-0.15, -0.1) is 0 Å². The summed E-state index contributed by atoms with van der Waals surface area (Å²) in [6.07, 6.45) is 4.85. The van der Waals surface area contributed by atoms with E-state index in [4.69, 9.17) is 16.7 Å². The van der Waals surface area contributed by atoms with Crippen molar-refractivity contribution in [2.45, 2.75) is 6.04 Å². The van der Waals surface area contributed by atoms with Crippen LogP contribution in [0.5, 0.6) is 0 Å². The Morgan fingerprint density at radius 2 is 1.96 bits per heavy atom. The molecule has 1 unspecified atom stereocenters. The Morgan fingerprint density at radius 3 is 2.61 bits per heavy atom. The molecule has 11 nitrogen and oxygen atoms in total. The molecule has 0 saturated carbocycles. The molecule has 0 bridgehead atoms. The molecular formula is C17H13N11. The van der Waals surface area contributed by atoms with Crippen LogP contribution in [0.3, 0.4) is 0 Å². The Balaban J connectivity index is 1.84. The molecule has 2 aromatic heterocycles. The van der Waals surface area contributed by atoms with Crippen LogP contribution >= 0.6 is 0 Å². The predicted molar refractivity (Wildman–Crippen MR) is 101 cm³/mol. The zero-order valence-corrected chi connectivity index (χ0v) is 14.3. The number of nitrogen functional groups attached to an aromatic ring is 2. The van der Waals surface area contributed by atoms with Gasteiger partial charge in [0.2, 0.25) is 5.96 Å². The van der Waals surface area contributed by atoms with E-state index in [1.807, 2.05) is 36.5 Å². The molecule has 0 radical (unpaired) electrons. The minimum atomic E-state index is -0.586. The lowest BCUT2D eigenvalue weighted by Gasteiger charge is -2.26. The van der Waals surface area contributed by atoms with Crippen LogP contribution in [-0.4, -0.2) is 25.7 Å². The van der Waals surface area contributed by atoms with Crippen LogP contribution in [0.25, 0.3) is 5.69 Å². The average Bonchev–Trinajstić information content (AvgIpc) is 3.23. The molecule has 0 spiro atoms.